The first-order valence-electron chi connectivity index (χ1n) is 4.79. The highest BCUT2D eigenvalue weighted by Crippen LogP contribution is 2.19. The molecule has 1 aromatic heterocycles. The van der Waals surface area contributed by atoms with Crippen LogP contribution in [0.5, 0.6) is 0 Å². The van der Waals surface area contributed by atoms with Crippen LogP contribution in [0.4, 0.5) is 0 Å². The third-order valence-electron chi connectivity index (χ3n) is 2.10. The predicted octanol–water partition coefficient (Wildman–Crippen LogP) is 1.43. The molecule has 0 radical (unpaired) electrons. The monoisotopic (exact) mass is 192 g/mol. The number of aliphatic hydroxyl groups is 1. The molecule has 3 heteroatoms. The highest BCUT2D eigenvalue weighted by molar-refractivity contribution is 5.21. The summed E-state index contributed by atoms with van der Waals surface area (Å²) in [5.74, 6) is 5.65. The van der Waals surface area contributed by atoms with Crippen LogP contribution >= 0.6 is 0 Å². The van der Waals surface area contributed by atoms with Gasteiger partial charge < -0.3 is 5.11 Å². The van der Waals surface area contributed by atoms with Gasteiger partial charge in [0, 0.05) is 25.2 Å². The van der Waals surface area contributed by atoms with Crippen LogP contribution in [0.25, 0.3) is 0 Å². The lowest BCUT2D eigenvalue weighted by Gasteiger charge is -2.05. The van der Waals surface area contributed by atoms with Gasteiger partial charge in [-0.15, -0.1) is 11.8 Å². The molecule has 14 heavy (non-hydrogen) atoms. The second kappa shape index (κ2) is 4.83. The zero-order valence-electron chi connectivity index (χ0n) is 8.91. The Kier molecular flexibility index (Phi) is 3.73. The Labute approximate surface area is 84.8 Å². The molecule has 0 saturated heterocycles. The van der Waals surface area contributed by atoms with Crippen molar-refractivity contribution in [3.8, 4) is 11.8 Å². The molecule has 0 aliphatic heterocycles. The SMILES string of the molecule is CC#CCC(O)c1cn(C)nc1CC. The molecule has 0 amide bonds. The summed E-state index contributed by atoms with van der Waals surface area (Å²) < 4.78 is 1.73. The van der Waals surface area contributed by atoms with E-state index in [-0.39, 0.29) is 0 Å². The smallest absolute Gasteiger partial charge is 0.0932 e. The lowest BCUT2D eigenvalue weighted by molar-refractivity contribution is 0.183. The molecule has 0 aliphatic carbocycles. The standard InChI is InChI=1S/C11H16N2O/c1-4-6-7-11(14)9-8-13(3)12-10(9)5-2/h8,11,14H,5,7H2,1-3H3. The third-order valence-corrected chi connectivity index (χ3v) is 2.10. The van der Waals surface area contributed by atoms with E-state index in [1.54, 1.807) is 11.6 Å². The van der Waals surface area contributed by atoms with Crippen LogP contribution in [0, 0.1) is 11.8 Å². The maximum atomic E-state index is 9.82. The van der Waals surface area contributed by atoms with Gasteiger partial charge in [0.05, 0.1) is 11.8 Å². The fourth-order valence-corrected chi connectivity index (χ4v) is 1.41. The zero-order valence-corrected chi connectivity index (χ0v) is 8.91. The summed E-state index contributed by atoms with van der Waals surface area (Å²) >= 11 is 0. The zero-order chi connectivity index (χ0) is 10.6. The number of hydrogen-bond acceptors (Lipinski definition) is 2. The second-order valence-corrected chi connectivity index (χ2v) is 3.21. The van der Waals surface area contributed by atoms with E-state index in [0.717, 1.165) is 17.7 Å². The van der Waals surface area contributed by atoms with Crippen molar-refractivity contribution >= 4 is 0 Å². The van der Waals surface area contributed by atoms with Gasteiger partial charge in [-0.2, -0.15) is 5.10 Å². The molecule has 3 nitrogen and oxygen atoms in total. The highest BCUT2D eigenvalue weighted by atomic mass is 16.3. The number of hydrogen-bond donors (Lipinski definition) is 1. The van der Waals surface area contributed by atoms with E-state index in [0.29, 0.717) is 6.42 Å². The van der Waals surface area contributed by atoms with Crippen molar-refractivity contribution in [1.82, 2.24) is 9.78 Å². The largest absolute Gasteiger partial charge is 0.387 e. The quantitative estimate of drug-likeness (QED) is 0.736. The maximum Gasteiger partial charge on any atom is 0.0932 e. The Morgan fingerprint density at radius 1 is 1.64 bits per heavy atom. The number of nitrogens with zero attached hydrogens (tertiary/aromatic N) is 2. The molecule has 1 N–H and O–H groups in total. The van der Waals surface area contributed by atoms with Crippen LogP contribution in [0.15, 0.2) is 6.20 Å². The van der Waals surface area contributed by atoms with Crippen molar-refractivity contribution in [1.29, 1.82) is 0 Å². The van der Waals surface area contributed by atoms with E-state index in [9.17, 15) is 5.11 Å². The van der Waals surface area contributed by atoms with Gasteiger partial charge in [0.1, 0.15) is 0 Å². The van der Waals surface area contributed by atoms with E-state index >= 15 is 0 Å². The number of aromatic nitrogens is 2. The molecule has 1 unspecified atom stereocenters. The fourth-order valence-electron chi connectivity index (χ4n) is 1.41. The molecule has 1 aromatic rings. The second-order valence-electron chi connectivity index (χ2n) is 3.21. The van der Waals surface area contributed by atoms with E-state index in [2.05, 4.69) is 16.9 Å². The molecule has 0 bridgehead atoms. The fraction of sp³-hybridized carbons (Fsp3) is 0.545. The van der Waals surface area contributed by atoms with Crippen molar-refractivity contribution < 1.29 is 5.11 Å². The minimum absolute atomic E-state index is 0.481. The Bertz CT molecular complexity index is 357. The highest BCUT2D eigenvalue weighted by Gasteiger charge is 2.13. The molecule has 76 valence electrons. The maximum absolute atomic E-state index is 9.82. The molecular weight excluding hydrogens is 176 g/mol. The Hall–Kier alpha value is -1.27. The Morgan fingerprint density at radius 2 is 2.36 bits per heavy atom. The number of rotatable bonds is 3. The number of aryl methyl sites for hydroxylation is 2. The summed E-state index contributed by atoms with van der Waals surface area (Å²) in [7, 11) is 1.86. The van der Waals surface area contributed by atoms with Crippen LogP contribution in [0.3, 0.4) is 0 Å². The van der Waals surface area contributed by atoms with Gasteiger partial charge in [0.2, 0.25) is 0 Å². The topological polar surface area (TPSA) is 38.0 Å². The van der Waals surface area contributed by atoms with Crippen LogP contribution in [0.2, 0.25) is 0 Å². The minimum atomic E-state index is -0.508. The van der Waals surface area contributed by atoms with Gasteiger partial charge >= 0.3 is 0 Å². The van der Waals surface area contributed by atoms with E-state index in [1.807, 2.05) is 20.2 Å². The van der Waals surface area contributed by atoms with Crippen molar-refractivity contribution in [2.24, 2.45) is 7.05 Å². The first-order chi connectivity index (χ1) is 6.69. The van der Waals surface area contributed by atoms with Crippen LogP contribution < -0.4 is 0 Å². The lowest BCUT2D eigenvalue weighted by Crippen LogP contribution is -1.98. The minimum Gasteiger partial charge on any atom is -0.387 e. The lowest BCUT2D eigenvalue weighted by atomic mass is 10.1. The van der Waals surface area contributed by atoms with Gasteiger partial charge in [0.25, 0.3) is 0 Å². The van der Waals surface area contributed by atoms with Crippen LogP contribution in [-0.2, 0) is 13.5 Å². The van der Waals surface area contributed by atoms with Crippen LogP contribution in [-0.4, -0.2) is 14.9 Å². The molecule has 1 rings (SSSR count). The third kappa shape index (κ3) is 2.36. The average molecular weight is 192 g/mol. The number of aliphatic hydroxyl groups excluding tert-OH is 1. The van der Waals surface area contributed by atoms with E-state index in [1.165, 1.54) is 0 Å². The first-order valence-corrected chi connectivity index (χ1v) is 4.79. The molecule has 0 aliphatic rings. The molecule has 1 atom stereocenters. The van der Waals surface area contributed by atoms with Gasteiger partial charge in [-0.25, -0.2) is 0 Å². The van der Waals surface area contributed by atoms with Crippen molar-refractivity contribution in [3.63, 3.8) is 0 Å². The van der Waals surface area contributed by atoms with E-state index < -0.39 is 6.10 Å². The van der Waals surface area contributed by atoms with E-state index in [4.69, 9.17) is 0 Å². The summed E-state index contributed by atoms with van der Waals surface area (Å²) in [5, 5.41) is 14.1. The van der Waals surface area contributed by atoms with Crippen molar-refractivity contribution in [2.75, 3.05) is 0 Å². The molecule has 0 aromatic carbocycles. The molecule has 0 spiro atoms. The molecule has 0 saturated carbocycles. The van der Waals surface area contributed by atoms with Crippen molar-refractivity contribution in [2.45, 2.75) is 32.8 Å². The Morgan fingerprint density at radius 3 is 2.93 bits per heavy atom. The molecular formula is C11H16N2O. The molecule has 1 heterocycles. The molecule has 0 fully saturated rings. The summed E-state index contributed by atoms with van der Waals surface area (Å²) in [6, 6.07) is 0. The normalized spacial score (nSPS) is 12.0. The first kappa shape index (κ1) is 10.8. The van der Waals surface area contributed by atoms with Gasteiger partial charge in [-0.1, -0.05) is 6.92 Å². The average Bonchev–Trinajstić information content (AvgIpc) is 2.56. The van der Waals surface area contributed by atoms with Crippen molar-refractivity contribution in [3.05, 3.63) is 17.5 Å². The summed E-state index contributed by atoms with van der Waals surface area (Å²) in [4.78, 5) is 0. The summed E-state index contributed by atoms with van der Waals surface area (Å²) in [6.07, 6.45) is 2.68. The van der Waals surface area contributed by atoms with Gasteiger partial charge in [-0.05, 0) is 13.3 Å². The summed E-state index contributed by atoms with van der Waals surface area (Å²) in [6.45, 7) is 3.81. The summed E-state index contributed by atoms with van der Waals surface area (Å²) in [5.41, 5.74) is 1.86. The predicted molar refractivity (Wildman–Crippen MR) is 55.6 cm³/mol. The van der Waals surface area contributed by atoms with Gasteiger partial charge in [0.15, 0.2) is 0 Å². The Balaban J connectivity index is 2.85. The van der Waals surface area contributed by atoms with Crippen LogP contribution in [0.1, 0.15) is 37.6 Å². The van der Waals surface area contributed by atoms with Gasteiger partial charge in [-0.3, -0.25) is 4.68 Å².